The Morgan fingerprint density at radius 3 is 2.38 bits per heavy atom. The maximum atomic E-state index is 14.1. The topological polar surface area (TPSA) is 106 Å². The zero-order valence-corrected chi connectivity index (χ0v) is 21.9. The minimum atomic E-state index is -4.76. The van der Waals surface area contributed by atoms with Crippen molar-refractivity contribution in [2.75, 3.05) is 26.2 Å². The van der Waals surface area contributed by atoms with Crippen LogP contribution in [0.1, 0.15) is 16.1 Å². The van der Waals surface area contributed by atoms with Crippen LogP contribution in [0.25, 0.3) is 27.7 Å². The SMILES string of the molecule is Cn1cc(S(=O)(=O)N2CCN(C(=O)c3cnn4c(C(F)(F)F)cc(-c5cccc6ccccc56)nc34)CC2)cn1. The fourth-order valence-corrected chi connectivity index (χ4v) is 6.29. The Bertz CT molecular complexity index is 1870. The molecule has 40 heavy (non-hydrogen) atoms. The lowest BCUT2D eigenvalue weighted by Crippen LogP contribution is -2.50. The van der Waals surface area contributed by atoms with Crippen LogP contribution in [0.2, 0.25) is 0 Å². The van der Waals surface area contributed by atoms with Gasteiger partial charge >= 0.3 is 6.18 Å². The molecule has 10 nitrogen and oxygen atoms in total. The first-order valence-electron chi connectivity index (χ1n) is 12.3. The van der Waals surface area contributed by atoms with E-state index in [2.05, 4.69) is 15.2 Å². The molecule has 0 atom stereocenters. The number of benzene rings is 2. The molecular formula is C26H22F3N7O3S. The second kappa shape index (κ2) is 9.41. The second-order valence-electron chi connectivity index (χ2n) is 9.39. The molecule has 0 spiro atoms. The number of alkyl halides is 3. The van der Waals surface area contributed by atoms with Gasteiger partial charge in [0.25, 0.3) is 5.91 Å². The highest BCUT2D eigenvalue weighted by Crippen LogP contribution is 2.35. The number of rotatable bonds is 4. The molecule has 1 aliphatic heterocycles. The molecule has 5 aromatic rings. The predicted molar refractivity (Wildman–Crippen MR) is 139 cm³/mol. The summed E-state index contributed by atoms with van der Waals surface area (Å²) >= 11 is 0. The lowest BCUT2D eigenvalue weighted by molar-refractivity contribution is -0.142. The summed E-state index contributed by atoms with van der Waals surface area (Å²) in [6.07, 6.45) is -1.04. The number of piperazine rings is 1. The Morgan fingerprint density at radius 2 is 1.68 bits per heavy atom. The number of aryl methyl sites for hydroxylation is 1. The quantitative estimate of drug-likeness (QED) is 0.328. The molecule has 206 valence electrons. The number of carbonyl (C=O) groups is 1. The minimum absolute atomic E-state index is 0.0185. The first-order valence-corrected chi connectivity index (χ1v) is 13.7. The number of nitrogens with zero attached hydrogens (tertiary/aromatic N) is 7. The lowest BCUT2D eigenvalue weighted by Gasteiger charge is -2.33. The van der Waals surface area contributed by atoms with Gasteiger partial charge in [0, 0.05) is 45.0 Å². The lowest BCUT2D eigenvalue weighted by atomic mass is 10.0. The summed E-state index contributed by atoms with van der Waals surface area (Å²) in [7, 11) is -2.19. The van der Waals surface area contributed by atoms with Gasteiger partial charge in [-0.3, -0.25) is 9.48 Å². The Balaban J connectivity index is 1.35. The number of hydrogen-bond acceptors (Lipinski definition) is 6. The van der Waals surface area contributed by atoms with Gasteiger partial charge in [0.1, 0.15) is 10.5 Å². The molecule has 1 aliphatic rings. The van der Waals surface area contributed by atoms with E-state index in [0.29, 0.717) is 15.5 Å². The van der Waals surface area contributed by atoms with Crippen LogP contribution in [0, 0.1) is 0 Å². The van der Waals surface area contributed by atoms with Crippen LogP contribution in [0.5, 0.6) is 0 Å². The van der Waals surface area contributed by atoms with E-state index in [-0.39, 0.29) is 48.0 Å². The molecule has 4 heterocycles. The molecule has 6 rings (SSSR count). The fraction of sp³-hybridized carbons (Fsp3) is 0.231. The highest BCUT2D eigenvalue weighted by Gasteiger charge is 2.37. The van der Waals surface area contributed by atoms with Crippen LogP contribution in [0.3, 0.4) is 0 Å². The van der Waals surface area contributed by atoms with Crippen molar-refractivity contribution >= 4 is 32.4 Å². The summed E-state index contributed by atoms with van der Waals surface area (Å²) in [6.45, 7) is 0.130. The van der Waals surface area contributed by atoms with Crippen LogP contribution in [0.15, 0.2) is 72.0 Å². The van der Waals surface area contributed by atoms with E-state index in [4.69, 9.17) is 0 Å². The zero-order valence-electron chi connectivity index (χ0n) is 21.1. The number of amides is 1. The average molecular weight is 570 g/mol. The van der Waals surface area contributed by atoms with Crippen LogP contribution in [-0.4, -0.2) is 74.1 Å². The average Bonchev–Trinajstić information content (AvgIpc) is 3.58. The maximum absolute atomic E-state index is 14.1. The molecule has 0 N–H and O–H groups in total. The Hall–Kier alpha value is -4.30. The highest BCUT2D eigenvalue weighted by atomic mass is 32.2. The van der Waals surface area contributed by atoms with Crippen molar-refractivity contribution in [3.05, 3.63) is 78.4 Å². The zero-order chi connectivity index (χ0) is 28.2. The van der Waals surface area contributed by atoms with Crippen LogP contribution < -0.4 is 0 Å². The van der Waals surface area contributed by atoms with Crippen molar-refractivity contribution in [1.29, 1.82) is 0 Å². The maximum Gasteiger partial charge on any atom is 0.433 e. The van der Waals surface area contributed by atoms with Crippen molar-refractivity contribution in [2.45, 2.75) is 11.1 Å². The molecule has 14 heteroatoms. The highest BCUT2D eigenvalue weighted by molar-refractivity contribution is 7.89. The number of sulfonamides is 1. The van der Waals surface area contributed by atoms with E-state index in [1.165, 1.54) is 26.3 Å². The first-order chi connectivity index (χ1) is 19.0. The Kier molecular flexibility index (Phi) is 6.11. The number of halogens is 3. The van der Waals surface area contributed by atoms with Crippen molar-refractivity contribution in [3.63, 3.8) is 0 Å². The first kappa shape index (κ1) is 26.0. The van der Waals surface area contributed by atoms with E-state index in [1.807, 2.05) is 18.2 Å². The Labute approximate surface area is 226 Å². The minimum Gasteiger partial charge on any atom is -0.336 e. The number of carbonyl (C=O) groups excluding carboxylic acids is 1. The van der Waals surface area contributed by atoms with Gasteiger partial charge in [-0.25, -0.2) is 17.9 Å². The number of fused-ring (bicyclic) bond motifs is 2. The summed E-state index contributed by atoms with van der Waals surface area (Å²) in [5.41, 5.74) is -0.852. The normalized spacial score (nSPS) is 15.2. The van der Waals surface area contributed by atoms with Crippen LogP contribution >= 0.6 is 0 Å². The van der Waals surface area contributed by atoms with Crippen molar-refractivity contribution < 1.29 is 26.4 Å². The molecule has 0 radical (unpaired) electrons. The van der Waals surface area contributed by atoms with Crippen molar-refractivity contribution in [2.24, 2.45) is 7.05 Å². The molecule has 2 aromatic carbocycles. The standard InChI is InChI=1S/C26H22F3N7O3S/c1-33-16-18(14-30-33)40(38,39)35-11-9-34(10-12-35)25(37)21-15-31-36-23(26(27,28)29)13-22(32-24(21)36)20-8-4-6-17-5-2-3-7-19(17)20/h2-8,13-16H,9-12H2,1H3. The molecule has 0 unspecified atom stereocenters. The molecule has 3 aromatic heterocycles. The Morgan fingerprint density at radius 1 is 0.950 bits per heavy atom. The van der Waals surface area contributed by atoms with Gasteiger partial charge in [0.2, 0.25) is 10.0 Å². The van der Waals surface area contributed by atoms with Crippen molar-refractivity contribution in [1.82, 2.24) is 33.6 Å². The fourth-order valence-electron chi connectivity index (χ4n) is 4.89. The summed E-state index contributed by atoms with van der Waals surface area (Å²) < 4.78 is 71.5. The molecule has 0 bridgehead atoms. The number of aromatic nitrogens is 5. The molecule has 1 amide bonds. The third-order valence-electron chi connectivity index (χ3n) is 6.90. The van der Waals surface area contributed by atoms with E-state index in [0.717, 1.165) is 17.6 Å². The van der Waals surface area contributed by atoms with E-state index in [9.17, 15) is 26.4 Å². The molecule has 0 aliphatic carbocycles. The summed E-state index contributed by atoms with van der Waals surface area (Å²) in [4.78, 5) is 19.4. The van der Waals surface area contributed by atoms with Gasteiger partial charge in [-0.05, 0) is 16.8 Å². The molecular weight excluding hydrogens is 547 g/mol. The van der Waals surface area contributed by atoms with Gasteiger partial charge in [0.05, 0.1) is 18.1 Å². The summed E-state index contributed by atoms with van der Waals surface area (Å²) in [5, 5.41) is 9.32. The van der Waals surface area contributed by atoms with E-state index < -0.39 is 27.8 Å². The monoisotopic (exact) mass is 569 g/mol. The van der Waals surface area contributed by atoms with Gasteiger partial charge in [0.15, 0.2) is 11.3 Å². The third-order valence-corrected chi connectivity index (χ3v) is 8.75. The summed E-state index contributed by atoms with van der Waals surface area (Å²) in [5.74, 6) is -0.580. The van der Waals surface area contributed by atoms with Crippen LogP contribution in [0.4, 0.5) is 13.2 Å². The second-order valence-corrected chi connectivity index (χ2v) is 11.3. The van der Waals surface area contributed by atoms with Crippen LogP contribution in [-0.2, 0) is 23.2 Å². The number of hydrogen-bond donors (Lipinski definition) is 0. The van der Waals surface area contributed by atoms with Crippen molar-refractivity contribution in [3.8, 4) is 11.3 Å². The van der Waals surface area contributed by atoms with Gasteiger partial charge in [-0.2, -0.15) is 27.7 Å². The van der Waals surface area contributed by atoms with E-state index in [1.54, 1.807) is 31.3 Å². The summed E-state index contributed by atoms with van der Waals surface area (Å²) in [6, 6.07) is 13.5. The molecule has 0 saturated carbocycles. The van der Waals surface area contributed by atoms with E-state index >= 15 is 0 Å². The predicted octanol–water partition coefficient (Wildman–Crippen LogP) is 3.45. The van der Waals surface area contributed by atoms with Gasteiger partial charge < -0.3 is 4.90 Å². The largest absolute Gasteiger partial charge is 0.433 e. The molecule has 1 saturated heterocycles. The van der Waals surface area contributed by atoms with Gasteiger partial charge in [-0.1, -0.05) is 42.5 Å². The molecule has 1 fully saturated rings. The third kappa shape index (κ3) is 4.38. The van der Waals surface area contributed by atoms with Gasteiger partial charge in [-0.15, -0.1) is 0 Å². The smallest absolute Gasteiger partial charge is 0.336 e.